The normalized spacial score (nSPS) is 24.7. The van der Waals surface area contributed by atoms with Crippen LogP contribution in [0.15, 0.2) is 42.5 Å². The Kier molecular flexibility index (Phi) is 28.7. The maximum atomic E-state index is 15.4. The molecule has 6 rings (SSSR count). The first-order chi connectivity index (χ1) is 47.0. The Hall–Kier alpha value is -8.04. The summed E-state index contributed by atoms with van der Waals surface area (Å²) in [6, 6.07) is 0.617. The number of hydrogen-bond acceptors (Lipinski definition) is 13. The van der Waals surface area contributed by atoms with E-state index in [0.717, 1.165) is 38.2 Å². The number of likely N-dealkylation sites (tertiary alicyclic amines) is 1. The summed E-state index contributed by atoms with van der Waals surface area (Å²) in [5.74, 6) is -9.16. The van der Waals surface area contributed by atoms with Crippen molar-refractivity contribution < 1.29 is 75.4 Å². The molecule has 1 saturated carbocycles. The monoisotopic (exact) mass is 1420 g/mol. The van der Waals surface area contributed by atoms with Gasteiger partial charge in [-0.25, -0.2) is 0 Å². The molecule has 12 amide bonds. The number of nitrogens with one attached hydrogen (secondary N) is 3. The highest BCUT2D eigenvalue weighted by molar-refractivity contribution is 6.31. The summed E-state index contributed by atoms with van der Waals surface area (Å²) in [4.78, 5) is 189. The van der Waals surface area contributed by atoms with Crippen LogP contribution in [0.2, 0.25) is 5.02 Å². The van der Waals surface area contributed by atoms with Crippen LogP contribution >= 0.6 is 11.6 Å². The van der Waals surface area contributed by atoms with Crippen molar-refractivity contribution in [2.24, 2.45) is 17.8 Å². The van der Waals surface area contributed by atoms with Gasteiger partial charge < -0.3 is 64.8 Å². The third-order valence-corrected chi connectivity index (χ3v) is 20.5. The number of amides is 12. The summed E-state index contributed by atoms with van der Waals surface area (Å²) < 4.78 is 46.9. The SMILES string of the molecule is CC[C@H](C)[C@@H]1NC(=O)[C@H](CC(C)C)N(C)C(=O)C[C@@H](C(=O)N2CCCCC2)N(C)C(=O)[C@H](C(C)C)N(C)C(=O)C2(CCCC2)NC(=O)[C@@H]2CCCN2C(=O)[C@H](CCc2ccc(C(F)(F)F)c(Cl)c2)NC(=O)CN(C)C(=O)[C@H](Cc2ccc(OC)cc2)N(C)C(=O)CN(C)C(=O)CN(C)C1=O. The first kappa shape index (κ1) is 80.9. The number of likely N-dealkylation sites (N-methyl/N-ethyl adjacent to an activating group) is 7. The maximum Gasteiger partial charge on any atom is 0.417 e. The van der Waals surface area contributed by atoms with E-state index in [2.05, 4.69) is 16.0 Å². The van der Waals surface area contributed by atoms with Crippen molar-refractivity contribution in [3.05, 3.63) is 64.2 Å². The highest BCUT2D eigenvalue weighted by atomic mass is 35.5. The van der Waals surface area contributed by atoms with E-state index in [1.54, 1.807) is 49.9 Å². The minimum atomic E-state index is -4.77. The number of ether oxygens (including phenoxy) is 1. The van der Waals surface area contributed by atoms with E-state index >= 15 is 19.2 Å². The standard InChI is InChI=1S/C71H104ClF3N12O13/c1-15-45(6)60-67(97)81(9)41-58(90)79(7)42-59(91)83(11)54(38-47-23-27-48(100-14)28-24-47)65(95)80(8)40-56(88)76-51(30-26-46-25-29-49(50(72)37-46)71(73,74)75)64(94)87-35-21-22-52(87)63(93)78-70(31-17-18-32-70)69(99)85(13)61(44(4)5)68(98)84(12)55(66(96)86-33-19-16-20-34-86)39-57(89)82(10)53(36-43(2)3)62(92)77-60/h23-25,27-29,37,43-45,51-55,60-61H,15-22,26,30-36,38-42H2,1-14H3,(H,76,88)(H,77,92)(H,78,93)/t45-,51-,52-,53-,54-,55-,60-,61-/m0/s1. The summed E-state index contributed by atoms with van der Waals surface area (Å²) in [5, 5.41) is 8.01. The summed E-state index contributed by atoms with van der Waals surface area (Å²) in [7, 11) is 11.1. The zero-order chi connectivity index (χ0) is 74.4. The number of methoxy groups -OCH3 is 1. The Morgan fingerprint density at radius 1 is 0.650 bits per heavy atom. The first-order valence-corrected chi connectivity index (χ1v) is 35.1. The zero-order valence-corrected chi connectivity index (χ0v) is 61.3. The van der Waals surface area contributed by atoms with E-state index < -0.39 is 173 Å². The van der Waals surface area contributed by atoms with Gasteiger partial charge >= 0.3 is 6.18 Å². The Morgan fingerprint density at radius 3 is 1.83 bits per heavy atom. The number of carbonyl (C=O) groups excluding carboxylic acids is 12. The maximum absolute atomic E-state index is 15.4. The van der Waals surface area contributed by atoms with Gasteiger partial charge in [0, 0.05) is 75.4 Å². The predicted molar refractivity (Wildman–Crippen MR) is 367 cm³/mol. The van der Waals surface area contributed by atoms with Gasteiger partial charge in [-0.15, -0.1) is 0 Å². The number of alkyl halides is 3. The molecule has 2 aromatic rings. The molecular weight excluding hydrogens is 1320 g/mol. The predicted octanol–water partition coefficient (Wildman–Crippen LogP) is 4.78. The first-order valence-electron chi connectivity index (χ1n) is 34.8. The third-order valence-electron chi connectivity index (χ3n) is 20.2. The van der Waals surface area contributed by atoms with Gasteiger partial charge in [-0.2, -0.15) is 13.2 Å². The number of fused-ring (bicyclic) bond motifs is 1. The van der Waals surface area contributed by atoms with Crippen molar-refractivity contribution in [2.75, 3.05) is 95.7 Å². The van der Waals surface area contributed by atoms with Crippen LogP contribution in [0.3, 0.4) is 0 Å². The average Bonchev–Trinajstić information content (AvgIpc) is 1.66. The minimum Gasteiger partial charge on any atom is -0.497 e. The van der Waals surface area contributed by atoms with Crippen LogP contribution in [0, 0.1) is 17.8 Å². The molecule has 4 aliphatic rings. The van der Waals surface area contributed by atoms with Gasteiger partial charge in [0.1, 0.15) is 53.6 Å². The van der Waals surface area contributed by atoms with E-state index in [-0.39, 0.29) is 63.0 Å². The molecule has 0 bridgehead atoms. The Bertz CT molecular complexity index is 3290. The van der Waals surface area contributed by atoms with Gasteiger partial charge in [-0.3, -0.25) is 57.5 Å². The summed E-state index contributed by atoms with van der Waals surface area (Å²) in [6.07, 6.45) is -1.43. The molecular formula is C71H104ClF3N12O13. The van der Waals surface area contributed by atoms with Crippen LogP contribution in [0.4, 0.5) is 13.2 Å². The molecule has 3 aliphatic heterocycles. The summed E-state index contributed by atoms with van der Waals surface area (Å²) >= 11 is 6.14. The van der Waals surface area contributed by atoms with Crippen molar-refractivity contribution in [1.82, 2.24) is 60.0 Å². The van der Waals surface area contributed by atoms with E-state index in [4.69, 9.17) is 16.3 Å². The molecule has 1 spiro atoms. The van der Waals surface area contributed by atoms with Gasteiger partial charge in [-0.1, -0.05) is 90.6 Å². The molecule has 3 heterocycles. The van der Waals surface area contributed by atoms with Crippen LogP contribution in [0.25, 0.3) is 0 Å². The molecule has 3 saturated heterocycles. The number of halogens is 4. The fourth-order valence-electron chi connectivity index (χ4n) is 13.8. The molecule has 29 heteroatoms. The van der Waals surface area contributed by atoms with Crippen molar-refractivity contribution in [2.45, 2.75) is 192 Å². The lowest BCUT2D eigenvalue weighted by Gasteiger charge is -2.42. The van der Waals surface area contributed by atoms with Crippen LogP contribution in [-0.2, 0) is 76.6 Å². The second-order valence-electron chi connectivity index (χ2n) is 28.3. The summed E-state index contributed by atoms with van der Waals surface area (Å²) in [5.41, 5.74) is -1.85. The molecule has 0 unspecified atom stereocenters. The fourth-order valence-corrected chi connectivity index (χ4v) is 14.1. The summed E-state index contributed by atoms with van der Waals surface area (Å²) in [6.45, 7) is 9.56. The fraction of sp³-hybridized carbons (Fsp3) is 0.662. The molecule has 1 aliphatic carbocycles. The Balaban J connectivity index is 1.43. The number of nitrogens with zero attached hydrogens (tertiary/aromatic N) is 9. The minimum absolute atomic E-state index is 0.00774. The van der Waals surface area contributed by atoms with Crippen molar-refractivity contribution in [3.8, 4) is 5.75 Å². The number of aryl methyl sites for hydroxylation is 1. The van der Waals surface area contributed by atoms with E-state index in [0.29, 0.717) is 62.9 Å². The largest absolute Gasteiger partial charge is 0.497 e. The van der Waals surface area contributed by atoms with Crippen molar-refractivity contribution in [1.29, 1.82) is 0 Å². The number of rotatable bonds is 12. The molecule has 3 N–H and O–H groups in total. The van der Waals surface area contributed by atoms with E-state index in [9.17, 15) is 51.5 Å². The van der Waals surface area contributed by atoms with Crippen LogP contribution in [0.5, 0.6) is 5.75 Å². The molecule has 100 heavy (non-hydrogen) atoms. The number of hydrogen-bond donors (Lipinski definition) is 3. The number of piperidine rings is 1. The molecule has 2 aromatic carbocycles. The average molecular weight is 1430 g/mol. The van der Waals surface area contributed by atoms with Gasteiger partial charge in [0.05, 0.1) is 43.8 Å². The van der Waals surface area contributed by atoms with Gasteiger partial charge in [0.15, 0.2) is 0 Å². The second kappa shape index (κ2) is 35.5. The second-order valence-corrected chi connectivity index (χ2v) is 28.7. The highest BCUT2D eigenvalue weighted by Crippen LogP contribution is 2.37. The molecule has 554 valence electrons. The van der Waals surface area contributed by atoms with Crippen molar-refractivity contribution >= 4 is 82.5 Å². The lowest BCUT2D eigenvalue weighted by atomic mass is 9.91. The molecule has 4 fully saturated rings. The quantitative estimate of drug-likeness (QED) is 0.258. The van der Waals surface area contributed by atoms with Gasteiger partial charge in [0.2, 0.25) is 70.9 Å². The Labute approximate surface area is 590 Å². The topological polar surface area (TPSA) is 279 Å². The van der Waals surface area contributed by atoms with Crippen LogP contribution < -0.4 is 20.7 Å². The molecule has 0 radical (unpaired) electrons. The van der Waals surface area contributed by atoms with E-state index in [1.807, 2.05) is 20.8 Å². The number of benzene rings is 2. The van der Waals surface area contributed by atoms with Gasteiger partial charge in [-0.05, 0) is 117 Å². The highest BCUT2D eigenvalue weighted by Gasteiger charge is 2.51. The lowest BCUT2D eigenvalue weighted by molar-refractivity contribution is -0.156. The number of carbonyl (C=O) groups is 12. The smallest absolute Gasteiger partial charge is 0.417 e. The molecule has 25 nitrogen and oxygen atoms in total. The lowest BCUT2D eigenvalue weighted by Crippen LogP contribution is -2.65. The van der Waals surface area contributed by atoms with E-state index in [1.165, 1.54) is 82.1 Å². The van der Waals surface area contributed by atoms with Crippen molar-refractivity contribution in [3.63, 3.8) is 0 Å². The Morgan fingerprint density at radius 2 is 1.25 bits per heavy atom. The van der Waals surface area contributed by atoms with Gasteiger partial charge in [0.25, 0.3) is 0 Å². The third kappa shape index (κ3) is 20.2. The molecule has 8 atom stereocenters. The van der Waals surface area contributed by atoms with Crippen LogP contribution in [0.1, 0.15) is 142 Å². The zero-order valence-electron chi connectivity index (χ0n) is 60.5. The molecule has 0 aromatic heterocycles. The van der Waals surface area contributed by atoms with Crippen LogP contribution in [-0.4, -0.2) is 259 Å².